The van der Waals surface area contributed by atoms with E-state index >= 15 is 0 Å². The van der Waals surface area contributed by atoms with E-state index in [4.69, 9.17) is 0 Å². The fourth-order valence-electron chi connectivity index (χ4n) is 4.71. The molecule has 0 fully saturated rings. The number of aromatic amines is 1. The van der Waals surface area contributed by atoms with Crippen LogP contribution in [0, 0.1) is 5.92 Å². The molecule has 2 nitrogen and oxygen atoms in total. The smallest absolute Gasteiger partial charge is 0.0459 e. The molecule has 0 spiro atoms. The van der Waals surface area contributed by atoms with Crippen molar-refractivity contribution in [3.63, 3.8) is 0 Å². The summed E-state index contributed by atoms with van der Waals surface area (Å²) >= 11 is 0. The van der Waals surface area contributed by atoms with Crippen LogP contribution in [-0.2, 0) is 11.8 Å². The maximum atomic E-state index is 3.84. The second-order valence-electron chi connectivity index (χ2n) is 7.57. The van der Waals surface area contributed by atoms with E-state index in [1.54, 1.807) is 5.56 Å². The van der Waals surface area contributed by atoms with E-state index in [0.717, 1.165) is 6.42 Å². The largest absolute Gasteiger partial charge is 0.358 e. The average Bonchev–Trinajstić information content (AvgIpc) is 2.87. The van der Waals surface area contributed by atoms with Crippen LogP contribution in [-0.4, -0.2) is 17.1 Å². The number of aromatic nitrogens is 1. The number of benzene rings is 1. The number of allylic oxidation sites excluding steroid dienone is 1. The van der Waals surface area contributed by atoms with Crippen molar-refractivity contribution in [2.45, 2.75) is 57.5 Å². The highest BCUT2D eigenvalue weighted by Gasteiger charge is 2.46. The van der Waals surface area contributed by atoms with E-state index < -0.39 is 0 Å². The summed E-state index contributed by atoms with van der Waals surface area (Å²) in [7, 11) is 0. The first-order valence-corrected chi connectivity index (χ1v) is 8.62. The summed E-state index contributed by atoms with van der Waals surface area (Å²) in [6.07, 6.45) is 8.41. The van der Waals surface area contributed by atoms with Gasteiger partial charge in [0, 0.05) is 40.0 Å². The van der Waals surface area contributed by atoms with Gasteiger partial charge in [-0.15, -0.1) is 0 Å². The van der Waals surface area contributed by atoms with Crippen molar-refractivity contribution in [2.75, 3.05) is 0 Å². The highest BCUT2D eigenvalue weighted by atomic mass is 15.0. The first-order chi connectivity index (χ1) is 10.6. The monoisotopic (exact) mass is 294 g/mol. The summed E-state index contributed by atoms with van der Waals surface area (Å²) in [5.74, 6) is 0.587. The minimum atomic E-state index is 0.230. The number of fused-ring (bicyclic) bond motifs is 5. The lowest BCUT2D eigenvalue weighted by molar-refractivity contribution is 0.210. The number of hydrogen-bond acceptors (Lipinski definition) is 1. The fraction of sp³-hybridized carbons (Fsp3) is 0.500. The van der Waals surface area contributed by atoms with Crippen molar-refractivity contribution in [3.8, 4) is 0 Å². The van der Waals surface area contributed by atoms with Crippen LogP contribution in [0.1, 0.15) is 44.9 Å². The van der Waals surface area contributed by atoms with Gasteiger partial charge >= 0.3 is 0 Å². The van der Waals surface area contributed by atoms with Gasteiger partial charge in [-0.1, -0.05) is 51.1 Å². The van der Waals surface area contributed by atoms with Crippen molar-refractivity contribution in [1.29, 1.82) is 0 Å². The third-order valence-electron chi connectivity index (χ3n) is 5.70. The van der Waals surface area contributed by atoms with E-state index in [0.29, 0.717) is 18.0 Å². The highest BCUT2D eigenvalue weighted by molar-refractivity contribution is 5.85. The van der Waals surface area contributed by atoms with Gasteiger partial charge in [0.25, 0.3) is 0 Å². The summed E-state index contributed by atoms with van der Waals surface area (Å²) in [4.78, 5) is 3.77. The molecule has 0 amide bonds. The van der Waals surface area contributed by atoms with Crippen LogP contribution in [0.2, 0.25) is 0 Å². The lowest BCUT2D eigenvalue weighted by atomic mass is 9.60. The molecule has 1 aromatic carbocycles. The van der Waals surface area contributed by atoms with E-state index in [1.165, 1.54) is 29.4 Å². The molecule has 4 rings (SSSR count). The van der Waals surface area contributed by atoms with Gasteiger partial charge in [0.15, 0.2) is 0 Å². The Labute approximate surface area is 133 Å². The molecular formula is C20H26N2. The molecule has 0 saturated carbocycles. The van der Waals surface area contributed by atoms with Gasteiger partial charge in [-0.05, 0) is 30.9 Å². The zero-order valence-electron chi connectivity index (χ0n) is 13.8. The standard InChI is InChI=1S/C20H26N2/c1-13(2)21-18-12-15-14-8-4-5-10-17(14)22-19(15)20(3)11-7-6-9-16(18)20/h4-6,8-10,13,16,18,21-22H,7,11-12H2,1-3H3. The molecule has 1 aromatic heterocycles. The summed E-state index contributed by atoms with van der Waals surface area (Å²) < 4.78 is 0. The molecule has 3 unspecified atom stereocenters. The first kappa shape index (κ1) is 14.1. The van der Waals surface area contributed by atoms with Gasteiger partial charge in [0.2, 0.25) is 0 Å². The Morgan fingerprint density at radius 2 is 2.09 bits per heavy atom. The number of H-pyrrole nitrogens is 1. The molecule has 2 heteroatoms. The Morgan fingerprint density at radius 1 is 1.27 bits per heavy atom. The van der Waals surface area contributed by atoms with Crippen LogP contribution in [0.5, 0.6) is 0 Å². The van der Waals surface area contributed by atoms with Gasteiger partial charge in [-0.25, -0.2) is 0 Å². The van der Waals surface area contributed by atoms with Crippen LogP contribution < -0.4 is 5.32 Å². The topological polar surface area (TPSA) is 27.8 Å². The Balaban J connectivity index is 1.90. The first-order valence-electron chi connectivity index (χ1n) is 8.62. The molecule has 3 atom stereocenters. The van der Waals surface area contributed by atoms with Gasteiger partial charge in [0.05, 0.1) is 0 Å². The minimum absolute atomic E-state index is 0.230. The van der Waals surface area contributed by atoms with Crippen molar-refractivity contribution in [3.05, 3.63) is 47.7 Å². The van der Waals surface area contributed by atoms with Crippen LogP contribution in [0.15, 0.2) is 36.4 Å². The maximum Gasteiger partial charge on any atom is 0.0459 e. The minimum Gasteiger partial charge on any atom is -0.358 e. The summed E-state index contributed by atoms with van der Waals surface area (Å²) in [5.41, 5.74) is 4.56. The molecule has 1 heterocycles. The lowest BCUT2D eigenvalue weighted by Crippen LogP contribution is -2.53. The number of hydrogen-bond donors (Lipinski definition) is 2. The Morgan fingerprint density at radius 3 is 2.91 bits per heavy atom. The number of para-hydroxylation sites is 1. The van der Waals surface area contributed by atoms with Gasteiger partial charge in [-0.2, -0.15) is 0 Å². The van der Waals surface area contributed by atoms with Crippen molar-refractivity contribution in [1.82, 2.24) is 10.3 Å². The summed E-state index contributed by atoms with van der Waals surface area (Å²) in [6.45, 7) is 6.98. The van der Waals surface area contributed by atoms with Crippen LogP contribution >= 0.6 is 0 Å². The van der Waals surface area contributed by atoms with Gasteiger partial charge in [-0.3, -0.25) is 0 Å². The second-order valence-corrected chi connectivity index (χ2v) is 7.57. The van der Waals surface area contributed by atoms with Crippen molar-refractivity contribution in [2.24, 2.45) is 5.92 Å². The molecule has 22 heavy (non-hydrogen) atoms. The van der Waals surface area contributed by atoms with E-state index in [9.17, 15) is 0 Å². The lowest BCUT2D eigenvalue weighted by Gasteiger charge is -2.47. The van der Waals surface area contributed by atoms with E-state index in [-0.39, 0.29) is 5.41 Å². The van der Waals surface area contributed by atoms with Crippen LogP contribution in [0.25, 0.3) is 10.9 Å². The molecule has 116 valence electrons. The fourth-order valence-corrected chi connectivity index (χ4v) is 4.71. The molecule has 2 aliphatic rings. The molecule has 0 saturated heterocycles. The molecule has 2 N–H and O–H groups in total. The quantitative estimate of drug-likeness (QED) is 0.793. The molecule has 0 aliphatic heterocycles. The third-order valence-corrected chi connectivity index (χ3v) is 5.70. The summed E-state index contributed by atoms with van der Waals surface area (Å²) in [5, 5.41) is 5.26. The Kier molecular flexibility index (Phi) is 3.19. The zero-order chi connectivity index (χ0) is 15.3. The number of rotatable bonds is 2. The maximum absolute atomic E-state index is 3.84. The molecule has 0 bridgehead atoms. The predicted molar refractivity (Wildman–Crippen MR) is 93.3 cm³/mol. The Hall–Kier alpha value is -1.54. The van der Waals surface area contributed by atoms with Crippen molar-refractivity contribution < 1.29 is 0 Å². The zero-order valence-corrected chi connectivity index (χ0v) is 13.8. The van der Waals surface area contributed by atoms with E-state index in [1.807, 2.05) is 0 Å². The normalized spacial score (nSPS) is 30.5. The van der Waals surface area contributed by atoms with Gasteiger partial charge in [0.1, 0.15) is 0 Å². The van der Waals surface area contributed by atoms with Gasteiger partial charge < -0.3 is 10.3 Å². The molecule has 0 radical (unpaired) electrons. The highest BCUT2D eigenvalue weighted by Crippen LogP contribution is 2.49. The van der Waals surface area contributed by atoms with Crippen LogP contribution in [0.4, 0.5) is 0 Å². The van der Waals surface area contributed by atoms with E-state index in [2.05, 4.69) is 67.5 Å². The predicted octanol–water partition coefficient (Wildman–Crippen LogP) is 4.31. The third kappa shape index (κ3) is 1.97. The second kappa shape index (κ2) is 4.99. The molecular weight excluding hydrogens is 268 g/mol. The molecule has 2 aliphatic carbocycles. The Bertz CT molecular complexity index is 724. The summed E-state index contributed by atoms with van der Waals surface area (Å²) in [6, 6.07) is 9.85. The SMILES string of the molecule is CC(C)NC1Cc2c([nH]c3ccccc23)C2(C)CCC=CC12. The average molecular weight is 294 g/mol. The van der Waals surface area contributed by atoms with Crippen LogP contribution in [0.3, 0.4) is 0 Å². The van der Waals surface area contributed by atoms with Crippen molar-refractivity contribution >= 4 is 10.9 Å². The molecule has 2 aromatic rings. The number of nitrogens with one attached hydrogen (secondary N) is 2.